The smallest absolute Gasteiger partial charge is 0.341 e. The van der Waals surface area contributed by atoms with Gasteiger partial charge in [0.05, 0.1) is 38.4 Å². The second-order valence-corrected chi connectivity index (χ2v) is 11.6. The summed E-state index contributed by atoms with van der Waals surface area (Å²) in [6.07, 6.45) is 0. The predicted octanol–water partition coefficient (Wildman–Crippen LogP) is 8.09. The lowest BCUT2D eigenvalue weighted by molar-refractivity contribution is 0.0221. The SMILES string of the molecule is O=C1OC2(c3ccc(O)cc3Oc3c(I)c(O)c(I)c(I)c32)c2c(Cl)c(Cl)c(Cl)c(Cl)c21. The Morgan fingerprint density at radius 2 is 1.50 bits per heavy atom. The van der Waals surface area contributed by atoms with Crippen molar-refractivity contribution in [3.05, 3.63) is 71.3 Å². The number of esters is 1. The van der Waals surface area contributed by atoms with Crippen molar-refractivity contribution in [2.45, 2.75) is 5.60 Å². The minimum atomic E-state index is -1.61. The van der Waals surface area contributed by atoms with Crippen molar-refractivity contribution >= 4 is 120 Å². The van der Waals surface area contributed by atoms with Gasteiger partial charge in [0.25, 0.3) is 0 Å². The molecule has 0 aromatic heterocycles. The van der Waals surface area contributed by atoms with E-state index in [0.717, 1.165) is 0 Å². The first-order chi connectivity index (χ1) is 15.0. The molecule has 0 saturated heterocycles. The predicted molar refractivity (Wildman–Crippen MR) is 146 cm³/mol. The first-order valence-corrected chi connectivity index (χ1v) is 13.3. The highest BCUT2D eigenvalue weighted by molar-refractivity contribution is 14.1. The molecular weight excluding hydrogens is 843 g/mol. The Hall–Kier alpha value is -0.120. The van der Waals surface area contributed by atoms with Gasteiger partial charge in [0, 0.05) is 20.8 Å². The molecule has 0 radical (unpaired) electrons. The number of phenols is 2. The fourth-order valence-electron chi connectivity index (χ4n) is 3.93. The summed E-state index contributed by atoms with van der Waals surface area (Å²) in [5, 5.41) is 20.6. The molecule has 2 aliphatic rings. The van der Waals surface area contributed by atoms with E-state index in [-0.39, 0.29) is 54.2 Å². The second kappa shape index (κ2) is 7.95. The Balaban J connectivity index is 2.05. The van der Waals surface area contributed by atoms with Gasteiger partial charge < -0.3 is 19.7 Å². The minimum Gasteiger partial charge on any atom is -0.508 e. The zero-order chi connectivity index (χ0) is 23.3. The van der Waals surface area contributed by atoms with Gasteiger partial charge in [-0.15, -0.1) is 0 Å². The molecule has 5 rings (SSSR count). The average molecular weight is 848 g/mol. The zero-order valence-corrected chi connectivity index (χ0v) is 24.5. The summed E-state index contributed by atoms with van der Waals surface area (Å²) in [7, 11) is 0. The molecule has 1 atom stereocenters. The third kappa shape index (κ3) is 2.95. The number of rotatable bonds is 0. The largest absolute Gasteiger partial charge is 0.508 e. The molecule has 5 nitrogen and oxygen atoms in total. The van der Waals surface area contributed by atoms with Crippen LogP contribution >= 0.6 is 114 Å². The molecule has 1 unspecified atom stereocenters. The number of fused-ring (bicyclic) bond motifs is 6. The van der Waals surface area contributed by atoms with E-state index in [2.05, 4.69) is 22.6 Å². The summed E-state index contributed by atoms with van der Waals surface area (Å²) in [6, 6.07) is 4.40. The molecule has 2 N–H and O–H groups in total. The van der Waals surface area contributed by atoms with E-state index in [1.807, 2.05) is 45.2 Å². The van der Waals surface area contributed by atoms with Crippen LogP contribution in [0.2, 0.25) is 20.1 Å². The Kier molecular flexibility index (Phi) is 5.87. The second-order valence-electron chi connectivity index (χ2n) is 6.85. The molecule has 32 heavy (non-hydrogen) atoms. The number of halogens is 7. The van der Waals surface area contributed by atoms with Gasteiger partial charge in [-0.3, -0.25) is 0 Å². The summed E-state index contributed by atoms with van der Waals surface area (Å²) in [6.45, 7) is 0. The molecule has 3 aromatic rings. The summed E-state index contributed by atoms with van der Waals surface area (Å²) < 4.78 is 13.7. The lowest BCUT2D eigenvalue weighted by Gasteiger charge is -2.38. The number of carbonyl (C=O) groups excluding carboxylic acids is 1. The van der Waals surface area contributed by atoms with Crippen LogP contribution in [0, 0.1) is 10.7 Å². The molecular formula is C20H5Cl4I3O5. The van der Waals surface area contributed by atoms with Crippen molar-refractivity contribution in [3.63, 3.8) is 0 Å². The van der Waals surface area contributed by atoms with E-state index in [4.69, 9.17) is 55.9 Å². The molecule has 164 valence electrons. The van der Waals surface area contributed by atoms with Gasteiger partial charge in [0.15, 0.2) is 11.4 Å². The van der Waals surface area contributed by atoms with Crippen LogP contribution in [-0.2, 0) is 10.3 Å². The maximum absolute atomic E-state index is 13.2. The Bertz CT molecular complexity index is 1410. The van der Waals surface area contributed by atoms with Crippen molar-refractivity contribution in [1.29, 1.82) is 0 Å². The van der Waals surface area contributed by atoms with E-state index >= 15 is 0 Å². The van der Waals surface area contributed by atoms with Gasteiger partial charge in [-0.1, -0.05) is 46.4 Å². The van der Waals surface area contributed by atoms with Crippen LogP contribution in [0.1, 0.15) is 27.0 Å². The molecule has 2 heterocycles. The van der Waals surface area contributed by atoms with Crippen molar-refractivity contribution in [2.75, 3.05) is 0 Å². The Morgan fingerprint density at radius 3 is 2.19 bits per heavy atom. The highest BCUT2D eigenvalue weighted by Gasteiger charge is 2.58. The average Bonchev–Trinajstić information content (AvgIpc) is 3.05. The van der Waals surface area contributed by atoms with E-state index in [1.54, 1.807) is 6.07 Å². The number of hydrogen-bond donors (Lipinski definition) is 2. The summed E-state index contributed by atoms with van der Waals surface area (Å²) >= 11 is 31.7. The molecule has 0 fully saturated rings. The highest BCUT2D eigenvalue weighted by Crippen LogP contribution is 2.63. The van der Waals surface area contributed by atoms with Crippen LogP contribution in [0.15, 0.2) is 18.2 Å². The first kappa shape index (κ1) is 23.6. The Labute approximate surface area is 241 Å². The van der Waals surface area contributed by atoms with Crippen LogP contribution in [0.25, 0.3) is 0 Å². The standard InChI is InChI=1S/C20H5Cl4I3O5/c21-10-7-8(11(22)13(24)12(10)23)20(32-19(7)30)5-2-1-4(28)3-6(5)31-18-9(20)14(25)15(26)17(29)16(18)27/h1-3,28-29H. The highest BCUT2D eigenvalue weighted by atomic mass is 127. The maximum Gasteiger partial charge on any atom is 0.341 e. The van der Waals surface area contributed by atoms with Crippen molar-refractivity contribution in [3.8, 4) is 23.0 Å². The minimum absolute atomic E-state index is 0.00248. The van der Waals surface area contributed by atoms with E-state index in [9.17, 15) is 15.0 Å². The maximum atomic E-state index is 13.2. The van der Waals surface area contributed by atoms with E-state index in [1.165, 1.54) is 12.1 Å². The van der Waals surface area contributed by atoms with Crippen molar-refractivity contribution in [1.82, 2.24) is 0 Å². The lowest BCUT2D eigenvalue weighted by atomic mass is 9.77. The van der Waals surface area contributed by atoms with Crippen LogP contribution in [-0.4, -0.2) is 16.2 Å². The Morgan fingerprint density at radius 1 is 0.844 bits per heavy atom. The topological polar surface area (TPSA) is 76.0 Å². The van der Waals surface area contributed by atoms with Gasteiger partial charge in [0.2, 0.25) is 0 Å². The summed E-state index contributed by atoms with van der Waals surface area (Å²) in [5.74, 6) is -0.331. The summed E-state index contributed by atoms with van der Waals surface area (Å²) in [5.41, 5.74) is -0.544. The van der Waals surface area contributed by atoms with Crippen molar-refractivity contribution < 1.29 is 24.5 Å². The number of aromatic hydroxyl groups is 2. The number of hydrogen-bond acceptors (Lipinski definition) is 5. The molecule has 0 bridgehead atoms. The molecule has 2 aliphatic heterocycles. The fraction of sp³-hybridized carbons (Fsp3) is 0.0500. The quantitative estimate of drug-likeness (QED) is 0.104. The van der Waals surface area contributed by atoms with Crippen LogP contribution in [0.5, 0.6) is 23.0 Å². The third-order valence-corrected chi connectivity index (χ3v) is 11.2. The van der Waals surface area contributed by atoms with Crippen LogP contribution in [0.3, 0.4) is 0 Å². The van der Waals surface area contributed by atoms with Gasteiger partial charge >= 0.3 is 5.97 Å². The monoisotopic (exact) mass is 846 g/mol. The molecule has 0 saturated carbocycles. The number of carbonyl (C=O) groups is 1. The lowest BCUT2D eigenvalue weighted by Crippen LogP contribution is -2.35. The molecule has 0 aliphatic carbocycles. The van der Waals surface area contributed by atoms with Gasteiger partial charge in [-0.2, -0.15) is 0 Å². The van der Waals surface area contributed by atoms with Crippen LogP contribution in [0.4, 0.5) is 0 Å². The van der Waals surface area contributed by atoms with Gasteiger partial charge in [-0.25, -0.2) is 4.79 Å². The molecule has 3 aromatic carbocycles. The van der Waals surface area contributed by atoms with Gasteiger partial charge in [-0.05, 0) is 79.9 Å². The molecule has 0 amide bonds. The molecule has 1 spiro atoms. The molecule has 12 heteroatoms. The van der Waals surface area contributed by atoms with Crippen LogP contribution < -0.4 is 4.74 Å². The van der Waals surface area contributed by atoms with Gasteiger partial charge in [0.1, 0.15) is 17.2 Å². The van der Waals surface area contributed by atoms with E-state index < -0.39 is 11.6 Å². The van der Waals surface area contributed by atoms with E-state index in [0.29, 0.717) is 21.8 Å². The number of phenolic OH excluding ortho intramolecular Hbond substituents is 2. The normalized spacial score (nSPS) is 18.2. The number of ether oxygens (including phenoxy) is 2. The first-order valence-electron chi connectivity index (χ1n) is 8.53. The third-order valence-electron chi connectivity index (χ3n) is 5.23. The zero-order valence-electron chi connectivity index (χ0n) is 15.0. The number of benzene rings is 3. The summed E-state index contributed by atoms with van der Waals surface area (Å²) in [4.78, 5) is 13.2. The van der Waals surface area contributed by atoms with Crippen molar-refractivity contribution in [2.24, 2.45) is 0 Å². The fourth-order valence-corrected chi connectivity index (χ4v) is 7.58.